The summed E-state index contributed by atoms with van der Waals surface area (Å²) in [5.41, 5.74) is 1.16. The van der Waals surface area contributed by atoms with Crippen LogP contribution in [0, 0.1) is 11.3 Å². The smallest absolute Gasteiger partial charge is 0.381 e. The summed E-state index contributed by atoms with van der Waals surface area (Å²) in [5, 5.41) is 11.5. The number of nitrogens with zero attached hydrogens (tertiary/aromatic N) is 1. The van der Waals surface area contributed by atoms with Crippen LogP contribution in [0.5, 0.6) is 0 Å². The molecular formula is C16H13F3N2. The van der Waals surface area contributed by atoms with Crippen LogP contribution >= 0.6 is 0 Å². The first kappa shape index (κ1) is 14.9. The fourth-order valence-electron chi connectivity index (χ4n) is 1.98. The zero-order valence-electron chi connectivity index (χ0n) is 11.1. The molecule has 0 aliphatic carbocycles. The number of hydrogen-bond donors (Lipinski definition) is 1. The number of rotatable bonds is 4. The van der Waals surface area contributed by atoms with E-state index >= 15 is 0 Å². The molecule has 0 heterocycles. The molecule has 0 saturated heterocycles. The molecule has 0 aromatic heterocycles. The Kier molecular flexibility index (Phi) is 4.49. The summed E-state index contributed by atoms with van der Waals surface area (Å²) in [4.78, 5) is 0. The normalized spacial score (nSPS) is 11.0. The summed E-state index contributed by atoms with van der Waals surface area (Å²) in [6.45, 7) is 0.0906. The van der Waals surface area contributed by atoms with Gasteiger partial charge in [0.25, 0.3) is 0 Å². The van der Waals surface area contributed by atoms with Gasteiger partial charge >= 0.3 is 6.18 Å². The summed E-state index contributed by atoms with van der Waals surface area (Å²) in [5.74, 6) is 0. The molecule has 5 heteroatoms. The lowest BCUT2D eigenvalue weighted by Crippen LogP contribution is -2.11. The molecule has 0 radical (unpaired) electrons. The minimum atomic E-state index is -4.35. The van der Waals surface area contributed by atoms with Crippen molar-refractivity contribution in [2.45, 2.75) is 19.1 Å². The highest BCUT2D eigenvalue weighted by atomic mass is 19.4. The van der Waals surface area contributed by atoms with Crippen LogP contribution in [0.25, 0.3) is 0 Å². The number of benzene rings is 2. The predicted octanol–water partition coefficient (Wildman–Crippen LogP) is 4.38. The summed E-state index contributed by atoms with van der Waals surface area (Å²) in [6, 6.07) is 14.6. The maximum Gasteiger partial charge on any atom is 0.416 e. The Labute approximate surface area is 120 Å². The Balaban J connectivity index is 2.08. The second-order valence-corrected chi connectivity index (χ2v) is 4.54. The molecule has 0 amide bonds. The van der Waals surface area contributed by atoms with Crippen molar-refractivity contribution in [1.29, 1.82) is 5.26 Å². The van der Waals surface area contributed by atoms with E-state index < -0.39 is 11.7 Å². The summed E-state index contributed by atoms with van der Waals surface area (Å²) in [6.07, 6.45) is -4.04. The molecule has 0 saturated carbocycles. The molecule has 0 aliphatic rings. The molecule has 0 aliphatic heterocycles. The second kappa shape index (κ2) is 6.31. The summed E-state index contributed by atoms with van der Waals surface area (Å²) in [7, 11) is 0. The molecule has 2 nitrogen and oxygen atoms in total. The Bertz CT molecular complexity index is 640. The number of hydrogen-bond acceptors (Lipinski definition) is 2. The maximum absolute atomic E-state index is 12.9. The molecule has 0 fully saturated rings. The van der Waals surface area contributed by atoms with Gasteiger partial charge in [-0.1, -0.05) is 30.3 Å². The monoisotopic (exact) mass is 290 g/mol. The fourth-order valence-corrected chi connectivity index (χ4v) is 1.98. The topological polar surface area (TPSA) is 35.8 Å². The van der Waals surface area contributed by atoms with Crippen LogP contribution in [0.4, 0.5) is 18.9 Å². The quantitative estimate of drug-likeness (QED) is 0.906. The number of halogens is 3. The van der Waals surface area contributed by atoms with Crippen LogP contribution < -0.4 is 5.32 Å². The number of nitriles is 1. The van der Waals surface area contributed by atoms with E-state index in [0.717, 1.165) is 11.6 Å². The van der Waals surface area contributed by atoms with Crippen LogP contribution in [-0.4, -0.2) is 0 Å². The lowest BCUT2D eigenvalue weighted by molar-refractivity contribution is -0.138. The largest absolute Gasteiger partial charge is 0.416 e. The van der Waals surface area contributed by atoms with Crippen LogP contribution in [0.2, 0.25) is 0 Å². The zero-order chi connectivity index (χ0) is 15.3. The molecule has 2 rings (SSSR count). The highest BCUT2D eigenvalue weighted by molar-refractivity contribution is 5.46. The van der Waals surface area contributed by atoms with Crippen LogP contribution in [0.3, 0.4) is 0 Å². The molecule has 0 spiro atoms. The van der Waals surface area contributed by atoms with Gasteiger partial charge in [0, 0.05) is 12.2 Å². The van der Waals surface area contributed by atoms with E-state index in [4.69, 9.17) is 5.26 Å². The van der Waals surface area contributed by atoms with Gasteiger partial charge in [-0.05, 0) is 29.3 Å². The molecule has 0 unspecified atom stereocenters. The average molecular weight is 290 g/mol. The molecule has 2 aromatic rings. The van der Waals surface area contributed by atoms with Crippen LogP contribution in [0.1, 0.15) is 16.7 Å². The van der Waals surface area contributed by atoms with E-state index in [1.54, 1.807) is 30.3 Å². The minimum absolute atomic E-state index is 0.0906. The molecule has 21 heavy (non-hydrogen) atoms. The summed E-state index contributed by atoms with van der Waals surface area (Å²) < 4.78 is 38.6. The SMILES string of the molecule is N#CCc1ccc(NCc2ccccc2C(F)(F)F)cc1. The van der Waals surface area contributed by atoms with Gasteiger partial charge in [0.05, 0.1) is 18.1 Å². The van der Waals surface area contributed by atoms with Gasteiger partial charge in [0.1, 0.15) is 0 Å². The number of anilines is 1. The van der Waals surface area contributed by atoms with Crippen molar-refractivity contribution < 1.29 is 13.2 Å². The van der Waals surface area contributed by atoms with Crippen molar-refractivity contribution in [1.82, 2.24) is 0 Å². The van der Waals surface area contributed by atoms with Crippen molar-refractivity contribution in [2.24, 2.45) is 0 Å². The highest BCUT2D eigenvalue weighted by Crippen LogP contribution is 2.32. The predicted molar refractivity (Wildman–Crippen MR) is 74.5 cm³/mol. The van der Waals surface area contributed by atoms with Gasteiger partial charge < -0.3 is 5.32 Å². The van der Waals surface area contributed by atoms with Gasteiger partial charge in [-0.25, -0.2) is 0 Å². The van der Waals surface area contributed by atoms with E-state index in [9.17, 15) is 13.2 Å². The van der Waals surface area contributed by atoms with Gasteiger partial charge in [0.15, 0.2) is 0 Å². The van der Waals surface area contributed by atoms with E-state index in [1.807, 2.05) is 6.07 Å². The Morgan fingerprint density at radius 3 is 2.29 bits per heavy atom. The van der Waals surface area contributed by atoms with Gasteiger partial charge in [-0.2, -0.15) is 18.4 Å². The maximum atomic E-state index is 12.9. The average Bonchev–Trinajstić information content (AvgIpc) is 2.46. The van der Waals surface area contributed by atoms with E-state index in [1.165, 1.54) is 12.1 Å². The Hall–Kier alpha value is -2.48. The van der Waals surface area contributed by atoms with Crippen molar-refractivity contribution >= 4 is 5.69 Å². The first-order chi connectivity index (χ1) is 10.0. The zero-order valence-corrected chi connectivity index (χ0v) is 11.1. The number of alkyl halides is 3. The van der Waals surface area contributed by atoms with E-state index in [0.29, 0.717) is 12.1 Å². The molecule has 108 valence electrons. The van der Waals surface area contributed by atoms with Gasteiger partial charge in [-0.15, -0.1) is 0 Å². The molecule has 0 atom stereocenters. The summed E-state index contributed by atoms with van der Waals surface area (Å²) >= 11 is 0. The van der Waals surface area contributed by atoms with Crippen LogP contribution in [-0.2, 0) is 19.1 Å². The van der Waals surface area contributed by atoms with Gasteiger partial charge in [-0.3, -0.25) is 0 Å². The third-order valence-electron chi connectivity index (χ3n) is 3.04. The molecule has 1 N–H and O–H groups in total. The standard InChI is InChI=1S/C16H13F3N2/c17-16(18,19)15-4-2-1-3-13(15)11-21-14-7-5-12(6-8-14)9-10-20/h1-8,21H,9,11H2. The first-order valence-electron chi connectivity index (χ1n) is 6.35. The Morgan fingerprint density at radius 2 is 1.67 bits per heavy atom. The Morgan fingerprint density at radius 1 is 1.00 bits per heavy atom. The van der Waals surface area contributed by atoms with Crippen molar-refractivity contribution in [3.63, 3.8) is 0 Å². The van der Waals surface area contributed by atoms with E-state index in [2.05, 4.69) is 5.32 Å². The fraction of sp³-hybridized carbons (Fsp3) is 0.188. The van der Waals surface area contributed by atoms with Gasteiger partial charge in [0.2, 0.25) is 0 Å². The van der Waals surface area contributed by atoms with Crippen molar-refractivity contribution in [2.75, 3.05) is 5.32 Å². The highest BCUT2D eigenvalue weighted by Gasteiger charge is 2.32. The molecule has 2 aromatic carbocycles. The van der Waals surface area contributed by atoms with Crippen molar-refractivity contribution in [3.8, 4) is 6.07 Å². The van der Waals surface area contributed by atoms with Crippen molar-refractivity contribution in [3.05, 3.63) is 65.2 Å². The lowest BCUT2D eigenvalue weighted by Gasteiger charge is -2.14. The third kappa shape index (κ3) is 3.99. The second-order valence-electron chi connectivity index (χ2n) is 4.54. The molecule has 0 bridgehead atoms. The first-order valence-corrected chi connectivity index (χ1v) is 6.35. The lowest BCUT2D eigenvalue weighted by atomic mass is 10.1. The third-order valence-corrected chi connectivity index (χ3v) is 3.04. The number of nitrogens with one attached hydrogen (secondary N) is 1. The van der Waals surface area contributed by atoms with E-state index in [-0.39, 0.29) is 12.1 Å². The van der Waals surface area contributed by atoms with Crippen LogP contribution in [0.15, 0.2) is 48.5 Å². The minimum Gasteiger partial charge on any atom is -0.381 e. The molecular weight excluding hydrogens is 277 g/mol.